The molecular formula is C14H27NO2. The van der Waals surface area contributed by atoms with Gasteiger partial charge in [0.15, 0.2) is 0 Å². The molecule has 1 rings (SSSR count). The highest BCUT2D eigenvalue weighted by Gasteiger charge is 2.23. The van der Waals surface area contributed by atoms with Gasteiger partial charge in [0.1, 0.15) is 0 Å². The van der Waals surface area contributed by atoms with Crippen LogP contribution >= 0.6 is 0 Å². The summed E-state index contributed by atoms with van der Waals surface area (Å²) in [5.74, 6) is -0.0756. The molecule has 17 heavy (non-hydrogen) atoms. The van der Waals surface area contributed by atoms with Gasteiger partial charge in [-0.1, -0.05) is 51.9 Å². The van der Waals surface area contributed by atoms with E-state index in [1.807, 2.05) is 0 Å². The fourth-order valence-electron chi connectivity index (χ4n) is 2.52. The van der Waals surface area contributed by atoms with E-state index in [1.165, 1.54) is 25.7 Å². The van der Waals surface area contributed by atoms with Crippen LogP contribution in [0.15, 0.2) is 0 Å². The molecule has 1 fully saturated rings. The van der Waals surface area contributed by atoms with Gasteiger partial charge in [-0.25, -0.2) is 5.06 Å². The molecule has 1 N–H and O–H groups in total. The van der Waals surface area contributed by atoms with Gasteiger partial charge in [0, 0.05) is 6.42 Å². The minimum Gasteiger partial charge on any atom is -0.286 e. The lowest BCUT2D eigenvalue weighted by Gasteiger charge is -2.29. The Labute approximate surface area is 105 Å². The van der Waals surface area contributed by atoms with E-state index in [2.05, 4.69) is 6.92 Å². The quantitative estimate of drug-likeness (QED) is 0.417. The second-order valence-electron chi connectivity index (χ2n) is 5.19. The van der Waals surface area contributed by atoms with Crippen LogP contribution in [0.4, 0.5) is 0 Å². The number of carbonyl (C=O) groups is 1. The van der Waals surface area contributed by atoms with Crippen LogP contribution in [0.25, 0.3) is 0 Å². The predicted molar refractivity (Wildman–Crippen MR) is 68.9 cm³/mol. The van der Waals surface area contributed by atoms with Gasteiger partial charge in [0.05, 0.1) is 6.04 Å². The molecule has 3 nitrogen and oxygen atoms in total. The minimum atomic E-state index is -0.0756. The molecule has 0 aromatic rings. The van der Waals surface area contributed by atoms with Crippen molar-refractivity contribution in [1.82, 2.24) is 5.06 Å². The number of hydroxylamine groups is 2. The molecule has 0 aromatic heterocycles. The maximum absolute atomic E-state index is 11.8. The van der Waals surface area contributed by atoms with Crippen molar-refractivity contribution < 1.29 is 10.0 Å². The number of hydrogen-bond acceptors (Lipinski definition) is 2. The smallest absolute Gasteiger partial charge is 0.246 e. The van der Waals surface area contributed by atoms with Gasteiger partial charge in [0.25, 0.3) is 0 Å². The van der Waals surface area contributed by atoms with E-state index >= 15 is 0 Å². The average molecular weight is 241 g/mol. The topological polar surface area (TPSA) is 40.5 Å². The Morgan fingerprint density at radius 3 is 2.41 bits per heavy atom. The number of carbonyl (C=O) groups excluding carboxylic acids is 1. The minimum absolute atomic E-state index is 0.0756. The first-order chi connectivity index (χ1) is 8.25. The van der Waals surface area contributed by atoms with Crippen LogP contribution in [0.5, 0.6) is 0 Å². The highest BCUT2D eigenvalue weighted by atomic mass is 16.5. The van der Waals surface area contributed by atoms with Crippen molar-refractivity contribution >= 4 is 5.91 Å². The summed E-state index contributed by atoms with van der Waals surface area (Å²) in [7, 11) is 0. The van der Waals surface area contributed by atoms with Gasteiger partial charge in [-0.2, -0.15) is 0 Å². The summed E-state index contributed by atoms with van der Waals surface area (Å²) in [4.78, 5) is 11.8. The lowest BCUT2D eigenvalue weighted by Crippen LogP contribution is -2.38. The first kappa shape index (κ1) is 14.5. The van der Waals surface area contributed by atoms with Gasteiger partial charge in [0.2, 0.25) is 5.91 Å². The molecule has 1 aliphatic rings. The first-order valence-corrected chi connectivity index (χ1v) is 7.26. The van der Waals surface area contributed by atoms with E-state index in [-0.39, 0.29) is 11.9 Å². The third-order valence-electron chi connectivity index (χ3n) is 3.67. The standard InChI is InChI=1S/C14H27NO2/c1-2-3-4-5-9-12-14(16)15(17)13-10-7-6-8-11-13/h13,17H,2-12H2,1H3. The van der Waals surface area contributed by atoms with Crippen molar-refractivity contribution in [3.8, 4) is 0 Å². The molecular weight excluding hydrogens is 214 g/mol. The molecule has 0 atom stereocenters. The maximum atomic E-state index is 11.8. The Balaban J connectivity index is 2.13. The van der Waals surface area contributed by atoms with Crippen molar-refractivity contribution in [1.29, 1.82) is 0 Å². The van der Waals surface area contributed by atoms with Crippen LogP contribution in [0.2, 0.25) is 0 Å². The molecule has 1 amide bonds. The molecule has 0 heterocycles. The van der Waals surface area contributed by atoms with E-state index in [9.17, 15) is 10.0 Å². The fourth-order valence-corrected chi connectivity index (χ4v) is 2.52. The Hall–Kier alpha value is -0.570. The van der Waals surface area contributed by atoms with Crippen molar-refractivity contribution in [3.63, 3.8) is 0 Å². The van der Waals surface area contributed by atoms with E-state index in [4.69, 9.17) is 0 Å². The second-order valence-corrected chi connectivity index (χ2v) is 5.19. The van der Waals surface area contributed by atoms with E-state index in [0.717, 1.165) is 43.6 Å². The van der Waals surface area contributed by atoms with Crippen LogP contribution in [0, 0.1) is 0 Å². The number of rotatable bonds is 7. The molecule has 1 saturated carbocycles. The molecule has 0 bridgehead atoms. The van der Waals surface area contributed by atoms with Crippen molar-refractivity contribution in [2.45, 2.75) is 83.6 Å². The van der Waals surface area contributed by atoms with Crippen molar-refractivity contribution in [3.05, 3.63) is 0 Å². The molecule has 0 spiro atoms. The lowest BCUT2D eigenvalue weighted by atomic mass is 9.95. The Morgan fingerprint density at radius 1 is 1.12 bits per heavy atom. The molecule has 0 aromatic carbocycles. The molecule has 0 aliphatic heterocycles. The third-order valence-corrected chi connectivity index (χ3v) is 3.67. The summed E-state index contributed by atoms with van der Waals surface area (Å²) >= 11 is 0. The Bertz CT molecular complexity index is 212. The first-order valence-electron chi connectivity index (χ1n) is 7.26. The average Bonchev–Trinajstić information content (AvgIpc) is 2.38. The van der Waals surface area contributed by atoms with Crippen molar-refractivity contribution in [2.24, 2.45) is 0 Å². The molecule has 1 aliphatic carbocycles. The zero-order valence-electron chi connectivity index (χ0n) is 11.2. The van der Waals surface area contributed by atoms with E-state index < -0.39 is 0 Å². The van der Waals surface area contributed by atoms with Crippen molar-refractivity contribution in [2.75, 3.05) is 0 Å². The van der Waals surface area contributed by atoms with Crippen LogP contribution in [0.3, 0.4) is 0 Å². The number of unbranched alkanes of at least 4 members (excludes halogenated alkanes) is 4. The second kappa shape index (κ2) is 8.51. The third kappa shape index (κ3) is 5.53. The number of amides is 1. The number of nitrogens with zero attached hydrogens (tertiary/aromatic N) is 1. The van der Waals surface area contributed by atoms with Gasteiger partial charge in [-0.05, 0) is 19.3 Å². The normalized spacial score (nSPS) is 17.1. The summed E-state index contributed by atoms with van der Waals surface area (Å²) in [5, 5.41) is 10.9. The largest absolute Gasteiger partial charge is 0.286 e. The molecule has 0 saturated heterocycles. The van der Waals surface area contributed by atoms with Gasteiger partial charge >= 0.3 is 0 Å². The molecule has 0 radical (unpaired) electrons. The summed E-state index contributed by atoms with van der Waals surface area (Å²) in [6.07, 6.45) is 11.7. The van der Waals surface area contributed by atoms with E-state index in [1.54, 1.807) is 0 Å². The van der Waals surface area contributed by atoms with Gasteiger partial charge in [-0.3, -0.25) is 10.0 Å². The Kier molecular flexibility index (Phi) is 7.25. The zero-order valence-corrected chi connectivity index (χ0v) is 11.2. The Morgan fingerprint density at radius 2 is 1.76 bits per heavy atom. The molecule has 3 heteroatoms. The fraction of sp³-hybridized carbons (Fsp3) is 0.929. The monoisotopic (exact) mass is 241 g/mol. The maximum Gasteiger partial charge on any atom is 0.246 e. The molecule has 0 unspecified atom stereocenters. The van der Waals surface area contributed by atoms with Gasteiger partial charge in [-0.15, -0.1) is 0 Å². The van der Waals surface area contributed by atoms with E-state index in [0.29, 0.717) is 6.42 Å². The summed E-state index contributed by atoms with van der Waals surface area (Å²) < 4.78 is 0. The molecule has 100 valence electrons. The van der Waals surface area contributed by atoms with Crippen LogP contribution in [0.1, 0.15) is 77.6 Å². The predicted octanol–water partition coefficient (Wildman–Crippen LogP) is 3.90. The van der Waals surface area contributed by atoms with Crippen LogP contribution < -0.4 is 0 Å². The number of hydrogen-bond donors (Lipinski definition) is 1. The summed E-state index contributed by atoms with van der Waals surface area (Å²) in [6.45, 7) is 2.18. The summed E-state index contributed by atoms with van der Waals surface area (Å²) in [5.41, 5.74) is 0. The highest BCUT2D eigenvalue weighted by Crippen LogP contribution is 2.22. The summed E-state index contributed by atoms with van der Waals surface area (Å²) in [6, 6.07) is 0.0897. The lowest BCUT2D eigenvalue weighted by molar-refractivity contribution is -0.178. The van der Waals surface area contributed by atoms with Gasteiger partial charge < -0.3 is 0 Å². The zero-order chi connectivity index (χ0) is 12.5. The van der Waals surface area contributed by atoms with Crippen LogP contribution in [-0.2, 0) is 4.79 Å². The highest BCUT2D eigenvalue weighted by molar-refractivity contribution is 5.75. The van der Waals surface area contributed by atoms with Crippen LogP contribution in [-0.4, -0.2) is 22.2 Å². The SMILES string of the molecule is CCCCCCCC(=O)N(O)C1CCCCC1.